The van der Waals surface area contributed by atoms with Gasteiger partial charge in [-0.2, -0.15) is 13.2 Å². The standard InChI is InChI=1S/C26H36N4O4.C2HF3O2/c1-20-19-22(9-12-24(20)34-18-16-30-14-4-5-15-30)29-26(32)25(31)28-21-7-10-23(11-8-21)33-17-6-2-3-13-27;3-2(4,5)1(6)7/h7-12,19H,2-6,13-18,27H2,1H3,(H,28,31)(H,29,32);(H,6,7). The van der Waals surface area contributed by atoms with Crippen LogP contribution in [-0.4, -0.2) is 73.4 Å². The highest BCUT2D eigenvalue weighted by Gasteiger charge is 2.38. The molecule has 2 aromatic carbocycles. The Balaban J connectivity index is 0.000000745. The molecule has 10 nitrogen and oxygen atoms in total. The maximum absolute atomic E-state index is 12.3. The molecule has 0 atom stereocenters. The van der Waals surface area contributed by atoms with Crippen molar-refractivity contribution in [3.63, 3.8) is 0 Å². The Labute approximate surface area is 237 Å². The van der Waals surface area contributed by atoms with Crippen LogP contribution in [0, 0.1) is 6.92 Å². The number of likely N-dealkylation sites (tertiary alicyclic amines) is 1. The van der Waals surface area contributed by atoms with Crippen molar-refractivity contribution in [1.29, 1.82) is 0 Å². The van der Waals surface area contributed by atoms with Crippen molar-refractivity contribution < 1.29 is 42.1 Å². The van der Waals surface area contributed by atoms with Crippen molar-refractivity contribution in [2.24, 2.45) is 5.73 Å². The van der Waals surface area contributed by atoms with Crippen molar-refractivity contribution in [2.75, 3.05) is 50.0 Å². The number of unbranched alkanes of at least 4 members (excludes halogenated alkanes) is 2. The molecule has 2 amide bonds. The highest BCUT2D eigenvalue weighted by Crippen LogP contribution is 2.22. The Kier molecular flexibility index (Phi) is 13.9. The van der Waals surface area contributed by atoms with E-state index in [9.17, 15) is 22.8 Å². The molecule has 226 valence electrons. The van der Waals surface area contributed by atoms with Crippen LogP contribution in [0.2, 0.25) is 0 Å². The van der Waals surface area contributed by atoms with E-state index in [1.165, 1.54) is 12.8 Å². The summed E-state index contributed by atoms with van der Waals surface area (Å²) in [7, 11) is 0. The van der Waals surface area contributed by atoms with Gasteiger partial charge in [0.2, 0.25) is 0 Å². The Morgan fingerprint density at radius 2 is 1.49 bits per heavy atom. The lowest BCUT2D eigenvalue weighted by atomic mass is 10.2. The summed E-state index contributed by atoms with van der Waals surface area (Å²) in [5.74, 6) is -2.73. The van der Waals surface area contributed by atoms with E-state index in [0.29, 0.717) is 36.9 Å². The molecule has 1 aliphatic rings. The summed E-state index contributed by atoms with van der Waals surface area (Å²) in [6, 6.07) is 12.3. The van der Waals surface area contributed by atoms with Gasteiger partial charge in [0, 0.05) is 17.9 Å². The second-order valence-electron chi connectivity index (χ2n) is 9.31. The van der Waals surface area contributed by atoms with Crippen molar-refractivity contribution >= 4 is 29.2 Å². The molecule has 0 aliphatic carbocycles. The molecule has 2 aromatic rings. The quantitative estimate of drug-likeness (QED) is 0.216. The van der Waals surface area contributed by atoms with Gasteiger partial charge in [-0.25, -0.2) is 4.79 Å². The third kappa shape index (κ3) is 12.9. The normalized spacial score (nSPS) is 13.1. The van der Waals surface area contributed by atoms with Gasteiger partial charge in [-0.1, -0.05) is 0 Å². The number of aliphatic carboxylic acids is 1. The maximum Gasteiger partial charge on any atom is 0.490 e. The van der Waals surface area contributed by atoms with E-state index in [-0.39, 0.29) is 0 Å². The van der Waals surface area contributed by atoms with E-state index < -0.39 is 24.0 Å². The zero-order valence-corrected chi connectivity index (χ0v) is 23.0. The molecule has 0 radical (unpaired) electrons. The molecule has 1 heterocycles. The van der Waals surface area contributed by atoms with Crippen LogP contribution in [0.25, 0.3) is 0 Å². The first-order valence-corrected chi connectivity index (χ1v) is 13.3. The number of alkyl halides is 3. The average Bonchev–Trinajstić information content (AvgIpc) is 3.44. The zero-order chi connectivity index (χ0) is 30.3. The van der Waals surface area contributed by atoms with E-state index in [4.69, 9.17) is 25.1 Å². The van der Waals surface area contributed by atoms with Crippen LogP contribution in [0.3, 0.4) is 0 Å². The Bertz CT molecular complexity index is 1120. The summed E-state index contributed by atoms with van der Waals surface area (Å²) in [6.45, 7) is 7.07. The van der Waals surface area contributed by atoms with Crippen LogP contribution in [0.4, 0.5) is 24.5 Å². The van der Waals surface area contributed by atoms with Crippen LogP contribution >= 0.6 is 0 Å². The highest BCUT2D eigenvalue weighted by molar-refractivity contribution is 6.43. The van der Waals surface area contributed by atoms with Crippen LogP contribution in [-0.2, 0) is 14.4 Å². The minimum Gasteiger partial charge on any atom is -0.494 e. The Morgan fingerprint density at radius 3 is 2.05 bits per heavy atom. The maximum atomic E-state index is 12.3. The minimum absolute atomic E-state index is 0.522. The number of hydrogen-bond donors (Lipinski definition) is 4. The first-order chi connectivity index (χ1) is 19.5. The fourth-order valence-electron chi connectivity index (χ4n) is 3.80. The molecule has 5 N–H and O–H groups in total. The molecule has 1 saturated heterocycles. The SMILES string of the molecule is Cc1cc(NC(=O)C(=O)Nc2ccc(OCCCCCN)cc2)ccc1OCCN1CCCC1.O=C(O)C(F)(F)F. The van der Waals surface area contributed by atoms with Gasteiger partial charge < -0.3 is 30.9 Å². The minimum atomic E-state index is -5.08. The highest BCUT2D eigenvalue weighted by atomic mass is 19.4. The summed E-state index contributed by atoms with van der Waals surface area (Å²) < 4.78 is 43.3. The van der Waals surface area contributed by atoms with Gasteiger partial charge in [0.25, 0.3) is 0 Å². The first-order valence-electron chi connectivity index (χ1n) is 13.3. The Hall–Kier alpha value is -3.84. The van der Waals surface area contributed by atoms with E-state index in [1.54, 1.807) is 36.4 Å². The second kappa shape index (κ2) is 17.1. The number of carboxylic acids is 1. The lowest BCUT2D eigenvalue weighted by molar-refractivity contribution is -0.192. The average molecular weight is 583 g/mol. The van der Waals surface area contributed by atoms with Gasteiger partial charge in [0.1, 0.15) is 18.1 Å². The van der Waals surface area contributed by atoms with Crippen molar-refractivity contribution in [2.45, 2.75) is 45.2 Å². The van der Waals surface area contributed by atoms with E-state index in [2.05, 4.69) is 15.5 Å². The number of nitrogens with zero attached hydrogens (tertiary/aromatic N) is 1. The molecule has 41 heavy (non-hydrogen) atoms. The van der Waals surface area contributed by atoms with Crippen LogP contribution in [0.15, 0.2) is 42.5 Å². The van der Waals surface area contributed by atoms with Crippen molar-refractivity contribution in [1.82, 2.24) is 4.90 Å². The number of halogens is 3. The van der Waals surface area contributed by atoms with E-state index in [0.717, 1.165) is 50.2 Å². The number of carbonyl (C=O) groups is 3. The van der Waals surface area contributed by atoms with E-state index >= 15 is 0 Å². The number of carbonyl (C=O) groups excluding carboxylic acids is 2. The van der Waals surface area contributed by atoms with Gasteiger partial charge >= 0.3 is 24.0 Å². The molecule has 0 aromatic heterocycles. The first kappa shape index (κ1) is 33.4. The number of nitrogens with one attached hydrogen (secondary N) is 2. The molecule has 0 bridgehead atoms. The van der Waals surface area contributed by atoms with Gasteiger partial charge in [0.15, 0.2) is 0 Å². The summed E-state index contributed by atoms with van der Waals surface area (Å²) in [4.78, 5) is 35.9. The third-order valence-electron chi connectivity index (χ3n) is 5.97. The van der Waals surface area contributed by atoms with Crippen LogP contribution < -0.4 is 25.8 Å². The van der Waals surface area contributed by atoms with Crippen molar-refractivity contribution in [3.05, 3.63) is 48.0 Å². The topological polar surface area (TPSA) is 143 Å². The summed E-state index contributed by atoms with van der Waals surface area (Å²) in [6.07, 6.45) is 0.412. The number of hydrogen-bond acceptors (Lipinski definition) is 7. The fraction of sp³-hybridized carbons (Fsp3) is 0.464. The lowest BCUT2D eigenvalue weighted by Gasteiger charge is -2.16. The second-order valence-corrected chi connectivity index (χ2v) is 9.31. The molecule has 1 aliphatic heterocycles. The van der Waals surface area contributed by atoms with Crippen LogP contribution in [0.5, 0.6) is 11.5 Å². The van der Waals surface area contributed by atoms with Gasteiger partial charge in [-0.05, 0) is 107 Å². The molecule has 1 fully saturated rings. The number of amides is 2. The van der Waals surface area contributed by atoms with Crippen LogP contribution in [0.1, 0.15) is 37.7 Å². The number of nitrogens with two attached hydrogens (primary N) is 1. The lowest BCUT2D eigenvalue weighted by Crippen LogP contribution is -2.29. The summed E-state index contributed by atoms with van der Waals surface area (Å²) in [5, 5.41) is 12.4. The Morgan fingerprint density at radius 1 is 0.902 bits per heavy atom. The molecular weight excluding hydrogens is 545 g/mol. The zero-order valence-electron chi connectivity index (χ0n) is 23.0. The number of aryl methyl sites for hydroxylation is 1. The van der Waals surface area contributed by atoms with Crippen molar-refractivity contribution in [3.8, 4) is 11.5 Å². The molecular formula is C28H37F3N4O6. The molecule has 0 saturated carbocycles. The van der Waals surface area contributed by atoms with E-state index in [1.807, 2.05) is 13.0 Å². The monoisotopic (exact) mass is 582 g/mol. The smallest absolute Gasteiger partial charge is 0.490 e. The molecule has 0 spiro atoms. The van der Waals surface area contributed by atoms with Gasteiger partial charge in [-0.15, -0.1) is 0 Å². The van der Waals surface area contributed by atoms with Gasteiger partial charge in [0.05, 0.1) is 6.61 Å². The number of rotatable bonds is 12. The number of ether oxygens (including phenoxy) is 2. The predicted molar refractivity (Wildman–Crippen MR) is 148 cm³/mol. The predicted octanol–water partition coefficient (Wildman–Crippen LogP) is 4.19. The van der Waals surface area contributed by atoms with Gasteiger partial charge in [-0.3, -0.25) is 14.5 Å². The number of anilines is 2. The molecule has 13 heteroatoms. The number of benzene rings is 2. The largest absolute Gasteiger partial charge is 0.494 e. The summed E-state index contributed by atoms with van der Waals surface area (Å²) in [5.41, 5.74) is 7.45. The number of carboxylic acid groups (broad SMARTS) is 1. The molecule has 0 unspecified atom stereocenters. The molecule has 3 rings (SSSR count). The fourth-order valence-corrected chi connectivity index (χ4v) is 3.80. The summed E-state index contributed by atoms with van der Waals surface area (Å²) >= 11 is 0. The third-order valence-corrected chi connectivity index (χ3v) is 5.97.